The number of hydrogen-bond donors (Lipinski definition) is 2. The number of aliphatic carboxylic acids is 1. The molecule has 0 rings (SSSR count). The summed E-state index contributed by atoms with van der Waals surface area (Å²) in [5, 5.41) is 11.6. The normalized spacial score (nSPS) is 11.1. The summed E-state index contributed by atoms with van der Waals surface area (Å²) in [6, 6.07) is 0. The molecule has 0 unspecified atom stereocenters. The van der Waals surface area contributed by atoms with Gasteiger partial charge in [-0.25, -0.2) is 0 Å². The summed E-state index contributed by atoms with van der Waals surface area (Å²) < 4.78 is 5.56. The molecule has 0 bridgehead atoms. The van der Waals surface area contributed by atoms with Crippen LogP contribution in [0.1, 0.15) is 148 Å². The number of carboxylic acids is 1. The third-order valence-electron chi connectivity index (χ3n) is 6.22. The molecule has 0 saturated heterocycles. The Balaban J connectivity index is 3.13. The molecule has 0 saturated carbocycles. The molecule has 1 amide bonds. The van der Waals surface area contributed by atoms with Gasteiger partial charge in [0.25, 0.3) is 0 Å². The molecule has 0 fully saturated rings. The summed E-state index contributed by atoms with van der Waals surface area (Å²) in [7, 11) is 0. The molecule has 5 heteroatoms. The lowest BCUT2D eigenvalue weighted by Crippen LogP contribution is -2.24. The highest BCUT2D eigenvalue weighted by molar-refractivity contribution is 5.75. The van der Waals surface area contributed by atoms with E-state index in [1.807, 2.05) is 0 Å². The van der Waals surface area contributed by atoms with E-state index >= 15 is 0 Å². The van der Waals surface area contributed by atoms with E-state index in [0.29, 0.717) is 12.8 Å². The van der Waals surface area contributed by atoms with Crippen LogP contribution in [-0.2, 0) is 14.3 Å². The Morgan fingerprint density at radius 1 is 0.576 bits per heavy atom. The van der Waals surface area contributed by atoms with E-state index in [4.69, 9.17) is 9.84 Å². The van der Waals surface area contributed by atoms with Crippen molar-refractivity contribution in [3.8, 4) is 0 Å². The van der Waals surface area contributed by atoms with E-state index in [1.165, 1.54) is 96.3 Å². The Hall–Kier alpha value is -1.10. The Labute approximate surface area is 204 Å². The van der Waals surface area contributed by atoms with Gasteiger partial charge in [-0.3, -0.25) is 9.59 Å². The third kappa shape index (κ3) is 28.9. The van der Waals surface area contributed by atoms with Crippen LogP contribution in [0.5, 0.6) is 0 Å². The molecule has 0 atom stereocenters. The fourth-order valence-corrected chi connectivity index (χ4v) is 4.08. The molecule has 0 radical (unpaired) electrons. The number of ether oxygens (including phenoxy) is 1. The number of unbranched alkanes of at least 4 members (excludes halogenated alkanes) is 17. The van der Waals surface area contributed by atoms with E-state index in [2.05, 4.69) is 12.2 Å². The van der Waals surface area contributed by atoms with Gasteiger partial charge in [-0.1, -0.05) is 110 Å². The first-order chi connectivity index (χ1) is 16.2. The number of nitrogens with one attached hydrogen (secondary N) is 1. The highest BCUT2D eigenvalue weighted by Crippen LogP contribution is 2.14. The van der Waals surface area contributed by atoms with Crippen LogP contribution < -0.4 is 5.32 Å². The summed E-state index contributed by atoms with van der Waals surface area (Å²) in [4.78, 5) is 22.3. The van der Waals surface area contributed by atoms with Crippen LogP contribution in [0.4, 0.5) is 0 Å². The van der Waals surface area contributed by atoms with Crippen molar-refractivity contribution in [1.82, 2.24) is 5.32 Å². The van der Waals surface area contributed by atoms with Crippen molar-refractivity contribution in [3.05, 3.63) is 0 Å². The predicted molar refractivity (Wildman–Crippen MR) is 139 cm³/mol. The van der Waals surface area contributed by atoms with Crippen molar-refractivity contribution in [3.63, 3.8) is 0 Å². The molecule has 2 N–H and O–H groups in total. The Morgan fingerprint density at radius 3 is 1.45 bits per heavy atom. The largest absolute Gasteiger partial charge is 0.481 e. The van der Waals surface area contributed by atoms with Gasteiger partial charge < -0.3 is 15.2 Å². The lowest BCUT2D eigenvalue weighted by atomic mass is 10.0. The number of carbonyl (C=O) groups excluding carboxylic acids is 1. The molecule has 33 heavy (non-hydrogen) atoms. The zero-order valence-electron chi connectivity index (χ0n) is 21.8. The maximum atomic E-state index is 11.8. The van der Waals surface area contributed by atoms with Crippen LogP contribution >= 0.6 is 0 Å². The average Bonchev–Trinajstić information content (AvgIpc) is 2.79. The standard InChI is InChI=1S/C28H55NO4/c1-2-3-20-25-33-26-21-24-29-27(30)22-18-16-14-12-10-8-6-4-5-7-9-11-13-15-17-19-23-28(31)32/h2-26H2,1H3,(H,29,30)(H,31,32). The molecule has 0 heterocycles. The van der Waals surface area contributed by atoms with Crippen LogP contribution in [0, 0.1) is 0 Å². The SMILES string of the molecule is CCCCCOCCCNC(=O)CCCCCCCCCCCCCCCCCCC(=O)O. The van der Waals surface area contributed by atoms with E-state index in [-0.39, 0.29) is 5.91 Å². The van der Waals surface area contributed by atoms with Crippen LogP contribution in [-0.4, -0.2) is 36.7 Å². The number of hydrogen-bond acceptors (Lipinski definition) is 3. The van der Waals surface area contributed by atoms with Crippen molar-refractivity contribution < 1.29 is 19.4 Å². The van der Waals surface area contributed by atoms with Gasteiger partial charge in [0.1, 0.15) is 0 Å². The third-order valence-corrected chi connectivity index (χ3v) is 6.22. The van der Waals surface area contributed by atoms with E-state index in [9.17, 15) is 9.59 Å². The monoisotopic (exact) mass is 469 g/mol. The van der Waals surface area contributed by atoms with Crippen molar-refractivity contribution >= 4 is 11.9 Å². The number of carbonyl (C=O) groups is 2. The van der Waals surface area contributed by atoms with Gasteiger partial charge in [-0.2, -0.15) is 0 Å². The summed E-state index contributed by atoms with van der Waals surface area (Å²) in [5.74, 6) is -0.473. The van der Waals surface area contributed by atoms with Crippen LogP contribution in [0.2, 0.25) is 0 Å². The van der Waals surface area contributed by atoms with Gasteiger partial charge in [0.15, 0.2) is 0 Å². The summed E-state index contributed by atoms with van der Waals surface area (Å²) in [6.45, 7) is 4.53. The summed E-state index contributed by atoms with van der Waals surface area (Å²) in [6.07, 6.45) is 25.4. The molecule has 0 aliphatic heterocycles. The Morgan fingerprint density at radius 2 is 1.00 bits per heavy atom. The van der Waals surface area contributed by atoms with Gasteiger partial charge in [-0.05, 0) is 25.7 Å². The lowest BCUT2D eigenvalue weighted by Gasteiger charge is -2.06. The van der Waals surface area contributed by atoms with Crippen molar-refractivity contribution in [2.45, 2.75) is 148 Å². The fraction of sp³-hybridized carbons (Fsp3) is 0.929. The molecular formula is C28H55NO4. The second kappa shape index (κ2) is 27.1. The molecule has 0 spiro atoms. The van der Waals surface area contributed by atoms with E-state index in [1.54, 1.807) is 0 Å². The van der Waals surface area contributed by atoms with Crippen LogP contribution in [0.3, 0.4) is 0 Å². The maximum Gasteiger partial charge on any atom is 0.303 e. The summed E-state index contributed by atoms with van der Waals surface area (Å²) in [5.41, 5.74) is 0. The number of amides is 1. The number of carboxylic acid groups (broad SMARTS) is 1. The first-order valence-corrected chi connectivity index (χ1v) is 14.2. The minimum atomic E-state index is -0.667. The second-order valence-electron chi connectivity index (χ2n) is 9.57. The predicted octanol–water partition coefficient (Wildman–Crippen LogP) is 7.81. The second-order valence-corrected chi connectivity index (χ2v) is 9.57. The first-order valence-electron chi connectivity index (χ1n) is 14.2. The first kappa shape index (κ1) is 31.9. The maximum absolute atomic E-state index is 11.8. The number of rotatable bonds is 27. The van der Waals surface area contributed by atoms with Crippen molar-refractivity contribution in [2.75, 3.05) is 19.8 Å². The van der Waals surface area contributed by atoms with Gasteiger partial charge in [-0.15, -0.1) is 0 Å². The molecule has 196 valence electrons. The summed E-state index contributed by atoms with van der Waals surface area (Å²) >= 11 is 0. The fourth-order valence-electron chi connectivity index (χ4n) is 4.08. The van der Waals surface area contributed by atoms with Gasteiger partial charge in [0.2, 0.25) is 5.91 Å². The van der Waals surface area contributed by atoms with Crippen molar-refractivity contribution in [2.24, 2.45) is 0 Å². The van der Waals surface area contributed by atoms with Crippen LogP contribution in [0.15, 0.2) is 0 Å². The Bertz CT molecular complexity index is 428. The van der Waals surface area contributed by atoms with Gasteiger partial charge in [0, 0.05) is 32.6 Å². The molecule has 5 nitrogen and oxygen atoms in total. The molecule has 0 aliphatic rings. The smallest absolute Gasteiger partial charge is 0.303 e. The molecule has 0 aromatic carbocycles. The Kier molecular flexibility index (Phi) is 26.2. The van der Waals surface area contributed by atoms with Crippen LogP contribution in [0.25, 0.3) is 0 Å². The zero-order valence-corrected chi connectivity index (χ0v) is 21.8. The van der Waals surface area contributed by atoms with E-state index < -0.39 is 5.97 Å². The quantitative estimate of drug-likeness (QED) is 0.120. The zero-order chi connectivity index (χ0) is 24.2. The van der Waals surface area contributed by atoms with E-state index in [0.717, 1.165) is 51.9 Å². The minimum absolute atomic E-state index is 0.194. The highest BCUT2D eigenvalue weighted by atomic mass is 16.5. The molecule has 0 aliphatic carbocycles. The molecule has 0 aromatic rings. The minimum Gasteiger partial charge on any atom is -0.481 e. The van der Waals surface area contributed by atoms with Crippen molar-refractivity contribution in [1.29, 1.82) is 0 Å². The highest BCUT2D eigenvalue weighted by Gasteiger charge is 2.01. The molecular weight excluding hydrogens is 414 g/mol. The lowest BCUT2D eigenvalue weighted by molar-refractivity contribution is -0.137. The molecule has 0 aromatic heterocycles. The van der Waals surface area contributed by atoms with Gasteiger partial charge in [0.05, 0.1) is 0 Å². The topological polar surface area (TPSA) is 75.6 Å². The van der Waals surface area contributed by atoms with Gasteiger partial charge >= 0.3 is 5.97 Å². The average molecular weight is 470 g/mol.